The minimum atomic E-state index is -3.95. The number of halogens is 1. The molecule has 0 radical (unpaired) electrons. The number of esters is 2. The number of carbonyl (C=O) groups is 2. The third-order valence-corrected chi connectivity index (χ3v) is 5.86. The van der Waals surface area contributed by atoms with Gasteiger partial charge in [-0.3, -0.25) is 4.79 Å². The van der Waals surface area contributed by atoms with Crippen LogP contribution in [0, 0.1) is 0 Å². The molecule has 0 saturated carbocycles. The number of nitrogens with one attached hydrogen (secondary N) is 1. The summed E-state index contributed by atoms with van der Waals surface area (Å²) in [7, 11) is -2.71. The molecule has 2 aromatic rings. The van der Waals surface area contributed by atoms with Gasteiger partial charge in [0.1, 0.15) is 0 Å². The van der Waals surface area contributed by atoms with E-state index in [4.69, 9.17) is 4.74 Å². The summed E-state index contributed by atoms with van der Waals surface area (Å²) < 4.78 is 38.4. The molecule has 0 aliphatic carbocycles. The first-order chi connectivity index (χ1) is 13.3. The van der Waals surface area contributed by atoms with Gasteiger partial charge in [0.05, 0.1) is 36.6 Å². The van der Waals surface area contributed by atoms with Gasteiger partial charge in [0.25, 0.3) is 0 Å². The Bertz CT molecular complexity index is 926. The van der Waals surface area contributed by atoms with E-state index in [2.05, 4.69) is 25.4 Å². The summed E-state index contributed by atoms with van der Waals surface area (Å²) in [4.78, 5) is 23.4. The molecule has 0 heterocycles. The third kappa shape index (κ3) is 5.88. The highest BCUT2D eigenvalue weighted by atomic mass is 79.9. The summed E-state index contributed by atoms with van der Waals surface area (Å²) in [6.45, 7) is 1.91. The molecule has 1 N–H and O–H groups in total. The molecule has 0 aliphatic heterocycles. The van der Waals surface area contributed by atoms with Crippen molar-refractivity contribution in [2.24, 2.45) is 0 Å². The number of ether oxygens (including phenoxy) is 2. The van der Waals surface area contributed by atoms with E-state index in [0.29, 0.717) is 5.56 Å². The van der Waals surface area contributed by atoms with Crippen LogP contribution in [0.15, 0.2) is 57.9 Å². The molecular weight excluding hydrogens is 450 g/mol. The second kappa shape index (κ2) is 9.81. The average molecular weight is 470 g/mol. The van der Waals surface area contributed by atoms with Crippen molar-refractivity contribution in [1.29, 1.82) is 0 Å². The van der Waals surface area contributed by atoms with Gasteiger partial charge in [-0.2, -0.15) is 0 Å². The van der Waals surface area contributed by atoms with E-state index in [9.17, 15) is 18.0 Å². The van der Waals surface area contributed by atoms with Crippen LogP contribution in [-0.4, -0.2) is 34.1 Å². The lowest BCUT2D eigenvalue weighted by Gasteiger charge is -2.18. The Kier molecular flexibility index (Phi) is 7.73. The first kappa shape index (κ1) is 22.1. The van der Waals surface area contributed by atoms with Crippen molar-refractivity contribution in [3.05, 3.63) is 64.1 Å². The van der Waals surface area contributed by atoms with Gasteiger partial charge in [-0.15, -0.1) is 0 Å². The molecule has 28 heavy (non-hydrogen) atoms. The molecule has 0 bridgehead atoms. The Morgan fingerprint density at radius 2 is 1.68 bits per heavy atom. The zero-order valence-corrected chi connectivity index (χ0v) is 17.7. The zero-order chi connectivity index (χ0) is 20.7. The van der Waals surface area contributed by atoms with E-state index in [0.717, 1.165) is 4.47 Å². The molecule has 2 rings (SSSR count). The number of benzene rings is 2. The summed E-state index contributed by atoms with van der Waals surface area (Å²) in [6.07, 6.45) is -0.168. The second-order valence-electron chi connectivity index (χ2n) is 5.75. The quantitative estimate of drug-likeness (QED) is 0.595. The maximum absolute atomic E-state index is 12.8. The monoisotopic (exact) mass is 469 g/mol. The molecule has 1 atom stereocenters. The van der Waals surface area contributed by atoms with E-state index in [1.54, 1.807) is 31.2 Å². The Morgan fingerprint density at radius 3 is 2.21 bits per heavy atom. The van der Waals surface area contributed by atoms with Gasteiger partial charge in [0, 0.05) is 4.47 Å². The molecule has 0 unspecified atom stereocenters. The van der Waals surface area contributed by atoms with E-state index in [-0.39, 0.29) is 23.5 Å². The van der Waals surface area contributed by atoms with Crippen molar-refractivity contribution in [1.82, 2.24) is 4.72 Å². The number of rotatable bonds is 8. The molecule has 0 spiro atoms. The second-order valence-corrected chi connectivity index (χ2v) is 8.38. The summed E-state index contributed by atoms with van der Waals surface area (Å²) in [5.74, 6) is -1.08. The van der Waals surface area contributed by atoms with Crippen LogP contribution in [0.3, 0.4) is 0 Å². The average Bonchev–Trinajstić information content (AvgIpc) is 2.68. The van der Waals surface area contributed by atoms with Crippen LogP contribution in [0.2, 0.25) is 0 Å². The molecule has 9 heteroatoms. The van der Waals surface area contributed by atoms with Gasteiger partial charge in [-0.05, 0) is 48.9 Å². The molecule has 150 valence electrons. The van der Waals surface area contributed by atoms with Crippen molar-refractivity contribution < 1.29 is 27.5 Å². The number of sulfonamides is 1. The van der Waals surface area contributed by atoms with Gasteiger partial charge >= 0.3 is 11.9 Å². The maximum Gasteiger partial charge on any atom is 0.338 e. The Morgan fingerprint density at radius 1 is 1.07 bits per heavy atom. The highest BCUT2D eigenvalue weighted by Gasteiger charge is 2.24. The predicted molar refractivity (Wildman–Crippen MR) is 106 cm³/mol. The van der Waals surface area contributed by atoms with Crippen molar-refractivity contribution in [2.45, 2.75) is 24.3 Å². The van der Waals surface area contributed by atoms with Crippen LogP contribution in [0.25, 0.3) is 0 Å². The summed E-state index contributed by atoms with van der Waals surface area (Å²) in [6, 6.07) is 11.5. The van der Waals surface area contributed by atoms with Crippen molar-refractivity contribution >= 4 is 37.9 Å². The maximum atomic E-state index is 12.8. The zero-order valence-electron chi connectivity index (χ0n) is 15.3. The first-order valence-electron chi connectivity index (χ1n) is 8.38. The molecule has 0 aromatic heterocycles. The third-order valence-electron chi connectivity index (χ3n) is 3.84. The normalized spacial score (nSPS) is 12.2. The minimum Gasteiger partial charge on any atom is -0.469 e. The predicted octanol–water partition coefficient (Wildman–Crippen LogP) is 3.21. The molecule has 0 fully saturated rings. The van der Waals surface area contributed by atoms with Gasteiger partial charge < -0.3 is 9.47 Å². The van der Waals surface area contributed by atoms with Crippen LogP contribution < -0.4 is 4.72 Å². The standard InChI is InChI=1S/C19H20BrNO6S/c1-3-27-19(23)14-6-10-16(11-7-14)28(24,25)21-17(12-18(22)26-2)13-4-8-15(20)9-5-13/h4-11,17,21H,3,12H2,1-2H3/t17-/m0/s1. The Balaban J connectivity index is 2.27. The van der Waals surface area contributed by atoms with Gasteiger partial charge in [0.2, 0.25) is 10.0 Å². The largest absolute Gasteiger partial charge is 0.469 e. The number of hydrogen-bond donors (Lipinski definition) is 1. The highest BCUT2D eigenvalue weighted by molar-refractivity contribution is 9.10. The van der Waals surface area contributed by atoms with Crippen LogP contribution in [0.1, 0.15) is 35.3 Å². The van der Waals surface area contributed by atoms with Crippen LogP contribution in [0.5, 0.6) is 0 Å². The summed E-state index contributed by atoms with van der Waals surface area (Å²) >= 11 is 3.32. The van der Waals surface area contributed by atoms with Gasteiger partial charge in [-0.25, -0.2) is 17.9 Å². The van der Waals surface area contributed by atoms with E-state index >= 15 is 0 Å². The lowest BCUT2D eigenvalue weighted by molar-refractivity contribution is -0.141. The Hall–Kier alpha value is -2.23. The van der Waals surface area contributed by atoms with Gasteiger partial charge in [-0.1, -0.05) is 28.1 Å². The minimum absolute atomic E-state index is 0.0347. The SMILES string of the molecule is CCOC(=O)c1ccc(S(=O)(=O)N[C@@H](CC(=O)OC)c2ccc(Br)cc2)cc1. The molecule has 0 saturated heterocycles. The lowest BCUT2D eigenvalue weighted by Crippen LogP contribution is -2.30. The van der Waals surface area contributed by atoms with Crippen molar-refractivity contribution in [3.63, 3.8) is 0 Å². The first-order valence-corrected chi connectivity index (χ1v) is 10.7. The fourth-order valence-electron chi connectivity index (χ4n) is 2.41. The fraction of sp³-hybridized carbons (Fsp3) is 0.263. The number of hydrogen-bond acceptors (Lipinski definition) is 6. The smallest absolute Gasteiger partial charge is 0.338 e. The molecule has 0 aliphatic rings. The van der Waals surface area contributed by atoms with Crippen LogP contribution in [0.4, 0.5) is 0 Å². The summed E-state index contributed by atoms with van der Waals surface area (Å²) in [5, 5.41) is 0. The topological polar surface area (TPSA) is 98.8 Å². The van der Waals surface area contributed by atoms with Crippen molar-refractivity contribution in [2.75, 3.05) is 13.7 Å². The lowest BCUT2D eigenvalue weighted by atomic mass is 10.1. The highest BCUT2D eigenvalue weighted by Crippen LogP contribution is 2.23. The molecule has 7 nitrogen and oxygen atoms in total. The van der Waals surface area contributed by atoms with E-state index in [1.165, 1.54) is 31.4 Å². The number of carbonyl (C=O) groups excluding carboxylic acids is 2. The van der Waals surface area contributed by atoms with Crippen LogP contribution >= 0.6 is 15.9 Å². The Labute approximate surface area is 172 Å². The molecule has 0 amide bonds. The van der Waals surface area contributed by atoms with E-state index in [1.807, 2.05) is 0 Å². The van der Waals surface area contributed by atoms with E-state index < -0.39 is 28.0 Å². The van der Waals surface area contributed by atoms with Crippen LogP contribution in [-0.2, 0) is 24.3 Å². The fourth-order valence-corrected chi connectivity index (χ4v) is 3.90. The molecule has 2 aromatic carbocycles. The molecular formula is C19H20BrNO6S. The van der Waals surface area contributed by atoms with Gasteiger partial charge in [0.15, 0.2) is 0 Å². The van der Waals surface area contributed by atoms with Crippen molar-refractivity contribution in [3.8, 4) is 0 Å². The summed E-state index contributed by atoms with van der Waals surface area (Å²) in [5.41, 5.74) is 0.861. The number of methoxy groups -OCH3 is 1.